The second-order valence-corrected chi connectivity index (χ2v) is 7.10. The van der Waals surface area contributed by atoms with E-state index in [1.54, 1.807) is 6.92 Å². The van der Waals surface area contributed by atoms with Gasteiger partial charge in [0.25, 0.3) is 0 Å². The number of nitrogens with one attached hydrogen (secondary N) is 1. The highest BCUT2D eigenvalue weighted by molar-refractivity contribution is 7.92. The molecule has 2 rings (SSSR count). The molecule has 0 amide bonds. The summed E-state index contributed by atoms with van der Waals surface area (Å²) in [5.74, 6) is 0.258. The molecule has 0 radical (unpaired) electrons. The normalized spacial score (nSPS) is 32.2. The largest absolute Gasteiger partial charge is 0.305 e. The lowest BCUT2D eigenvalue weighted by molar-refractivity contribution is 0.404. The van der Waals surface area contributed by atoms with Gasteiger partial charge in [-0.15, -0.1) is 0 Å². The van der Waals surface area contributed by atoms with Gasteiger partial charge in [-0.1, -0.05) is 37.3 Å². The summed E-state index contributed by atoms with van der Waals surface area (Å²) < 4.78 is 24.2. The molecule has 1 aliphatic rings. The van der Waals surface area contributed by atoms with Crippen LogP contribution in [0.2, 0.25) is 0 Å². The summed E-state index contributed by atoms with van der Waals surface area (Å²) in [5, 5.41) is 3.09. The Morgan fingerprint density at radius 2 is 1.94 bits per heavy atom. The lowest BCUT2D eigenvalue weighted by atomic mass is 10.0. The van der Waals surface area contributed by atoms with Crippen LogP contribution in [0.3, 0.4) is 0 Å². The molecule has 3 atom stereocenters. The summed E-state index contributed by atoms with van der Waals surface area (Å²) in [6.45, 7) is 3.82. The highest BCUT2D eigenvalue weighted by Crippen LogP contribution is 2.28. The fraction of sp³-hybridized carbons (Fsp3) is 0.538. The van der Waals surface area contributed by atoms with Crippen molar-refractivity contribution in [1.82, 2.24) is 5.32 Å². The van der Waals surface area contributed by atoms with Gasteiger partial charge < -0.3 is 5.32 Å². The maximum absolute atomic E-state index is 12.1. The van der Waals surface area contributed by atoms with Crippen LogP contribution in [-0.2, 0) is 9.84 Å². The molecule has 0 spiro atoms. The Kier molecular flexibility index (Phi) is 3.54. The molecule has 1 aromatic rings. The van der Waals surface area contributed by atoms with Crippen LogP contribution in [0.25, 0.3) is 0 Å². The number of benzene rings is 1. The SMILES string of the molecule is CCC1CS(=O)(=O)C(C)C(c2ccccc2)N1. The minimum Gasteiger partial charge on any atom is -0.305 e. The summed E-state index contributed by atoms with van der Waals surface area (Å²) in [5.41, 5.74) is 1.06. The number of rotatable bonds is 2. The molecular weight excluding hydrogens is 234 g/mol. The first kappa shape index (κ1) is 12.6. The van der Waals surface area contributed by atoms with Crippen LogP contribution in [0, 0.1) is 0 Å². The Morgan fingerprint density at radius 1 is 1.29 bits per heavy atom. The van der Waals surface area contributed by atoms with E-state index < -0.39 is 9.84 Å². The second kappa shape index (κ2) is 4.78. The first-order valence-corrected chi connectivity index (χ1v) is 7.78. The highest BCUT2D eigenvalue weighted by atomic mass is 32.2. The molecule has 3 unspecified atom stereocenters. The molecule has 4 heteroatoms. The zero-order valence-electron chi connectivity index (χ0n) is 10.3. The van der Waals surface area contributed by atoms with Gasteiger partial charge in [0.05, 0.1) is 11.0 Å². The highest BCUT2D eigenvalue weighted by Gasteiger charge is 2.38. The Morgan fingerprint density at radius 3 is 2.53 bits per heavy atom. The summed E-state index contributed by atoms with van der Waals surface area (Å²) in [6, 6.07) is 9.81. The van der Waals surface area contributed by atoms with Crippen molar-refractivity contribution >= 4 is 9.84 Å². The molecule has 17 heavy (non-hydrogen) atoms. The van der Waals surface area contributed by atoms with E-state index >= 15 is 0 Å². The molecule has 94 valence electrons. The molecular formula is C13H19NO2S. The van der Waals surface area contributed by atoms with Gasteiger partial charge in [-0.25, -0.2) is 8.42 Å². The van der Waals surface area contributed by atoms with Gasteiger partial charge >= 0.3 is 0 Å². The van der Waals surface area contributed by atoms with Crippen LogP contribution in [0.15, 0.2) is 30.3 Å². The van der Waals surface area contributed by atoms with E-state index in [-0.39, 0.29) is 23.1 Å². The summed E-state index contributed by atoms with van der Waals surface area (Å²) >= 11 is 0. The third kappa shape index (κ3) is 2.53. The van der Waals surface area contributed by atoms with E-state index in [2.05, 4.69) is 5.32 Å². The quantitative estimate of drug-likeness (QED) is 0.876. The average Bonchev–Trinajstić information content (AvgIpc) is 2.33. The van der Waals surface area contributed by atoms with E-state index in [4.69, 9.17) is 0 Å². The van der Waals surface area contributed by atoms with Crippen molar-refractivity contribution in [3.8, 4) is 0 Å². The fourth-order valence-electron chi connectivity index (χ4n) is 2.34. The topological polar surface area (TPSA) is 46.2 Å². The van der Waals surface area contributed by atoms with Crippen LogP contribution < -0.4 is 5.32 Å². The molecule has 1 heterocycles. The Bertz CT molecular complexity index is 469. The number of hydrogen-bond acceptors (Lipinski definition) is 3. The zero-order chi connectivity index (χ0) is 12.5. The van der Waals surface area contributed by atoms with E-state index in [9.17, 15) is 8.42 Å². The van der Waals surface area contributed by atoms with Crippen LogP contribution in [0.1, 0.15) is 31.9 Å². The fourth-order valence-corrected chi connectivity index (χ4v) is 4.19. The Balaban J connectivity index is 2.33. The minimum atomic E-state index is -2.98. The minimum absolute atomic E-state index is 0.0707. The molecule has 1 aromatic carbocycles. The Hall–Kier alpha value is -0.870. The van der Waals surface area contributed by atoms with Gasteiger partial charge in [-0.2, -0.15) is 0 Å². The molecule has 1 saturated heterocycles. The van der Waals surface area contributed by atoms with Crippen molar-refractivity contribution < 1.29 is 8.42 Å². The van der Waals surface area contributed by atoms with E-state index in [1.165, 1.54) is 0 Å². The molecule has 1 N–H and O–H groups in total. The summed E-state index contributed by atoms with van der Waals surface area (Å²) in [4.78, 5) is 0. The van der Waals surface area contributed by atoms with Gasteiger partial charge in [0.1, 0.15) is 0 Å². The van der Waals surface area contributed by atoms with Crippen LogP contribution in [0.5, 0.6) is 0 Å². The van der Waals surface area contributed by atoms with E-state index in [0.717, 1.165) is 12.0 Å². The van der Waals surface area contributed by atoms with Crippen molar-refractivity contribution in [1.29, 1.82) is 0 Å². The lowest BCUT2D eigenvalue weighted by Crippen LogP contribution is -2.51. The molecule has 0 bridgehead atoms. The summed E-state index contributed by atoms with van der Waals surface area (Å²) in [7, 11) is -2.98. The third-order valence-electron chi connectivity index (χ3n) is 3.54. The molecule has 0 aromatic heterocycles. The maximum Gasteiger partial charge on any atom is 0.156 e. The molecule has 3 nitrogen and oxygen atoms in total. The maximum atomic E-state index is 12.1. The first-order chi connectivity index (χ1) is 8.04. The van der Waals surface area contributed by atoms with Gasteiger partial charge in [0.15, 0.2) is 9.84 Å². The summed E-state index contributed by atoms with van der Waals surface area (Å²) in [6.07, 6.45) is 0.843. The van der Waals surface area contributed by atoms with Crippen molar-refractivity contribution in [2.24, 2.45) is 0 Å². The predicted octanol–water partition coefficient (Wildman–Crippen LogP) is 1.91. The van der Waals surface area contributed by atoms with Gasteiger partial charge in [-0.05, 0) is 18.9 Å². The van der Waals surface area contributed by atoms with E-state index in [0.29, 0.717) is 0 Å². The van der Waals surface area contributed by atoms with Crippen molar-refractivity contribution in [2.45, 2.75) is 37.6 Å². The standard InChI is InChI=1S/C13H19NO2S/c1-3-12-9-17(15,16)10(2)13(14-12)11-7-5-4-6-8-11/h4-8,10,12-14H,3,9H2,1-2H3. The van der Waals surface area contributed by atoms with Gasteiger partial charge in [-0.3, -0.25) is 0 Å². The van der Waals surface area contributed by atoms with Crippen LogP contribution in [-0.4, -0.2) is 25.5 Å². The molecule has 0 aliphatic carbocycles. The average molecular weight is 253 g/mol. The smallest absolute Gasteiger partial charge is 0.156 e. The predicted molar refractivity (Wildman–Crippen MR) is 69.6 cm³/mol. The Labute approximate surface area is 103 Å². The number of sulfone groups is 1. The van der Waals surface area contributed by atoms with Crippen molar-refractivity contribution in [3.05, 3.63) is 35.9 Å². The van der Waals surface area contributed by atoms with Gasteiger partial charge in [0.2, 0.25) is 0 Å². The first-order valence-electron chi connectivity index (χ1n) is 6.07. The zero-order valence-corrected chi connectivity index (χ0v) is 11.1. The molecule has 0 saturated carbocycles. The monoisotopic (exact) mass is 253 g/mol. The third-order valence-corrected chi connectivity index (χ3v) is 5.81. The molecule has 1 aliphatic heterocycles. The number of hydrogen-bond donors (Lipinski definition) is 1. The molecule has 1 fully saturated rings. The van der Waals surface area contributed by atoms with E-state index in [1.807, 2.05) is 37.3 Å². The van der Waals surface area contributed by atoms with Crippen LogP contribution >= 0.6 is 0 Å². The van der Waals surface area contributed by atoms with Crippen molar-refractivity contribution in [3.63, 3.8) is 0 Å². The van der Waals surface area contributed by atoms with Crippen LogP contribution in [0.4, 0.5) is 0 Å². The lowest BCUT2D eigenvalue weighted by Gasteiger charge is -2.35. The second-order valence-electron chi connectivity index (χ2n) is 4.69. The van der Waals surface area contributed by atoms with Crippen molar-refractivity contribution in [2.75, 3.05) is 5.75 Å². The van der Waals surface area contributed by atoms with Gasteiger partial charge in [0, 0.05) is 12.1 Å².